The molecule has 1 amide bonds. The molecule has 1 N–H and O–H groups in total. The smallest absolute Gasteiger partial charge is 0.226 e. The molecule has 5 heteroatoms. The second kappa shape index (κ2) is 7.77. The summed E-state index contributed by atoms with van der Waals surface area (Å²) in [6.45, 7) is 12.0. The van der Waals surface area contributed by atoms with Crippen molar-refractivity contribution in [3.63, 3.8) is 0 Å². The third-order valence-corrected chi connectivity index (χ3v) is 5.06. The molecule has 0 unspecified atom stereocenters. The highest BCUT2D eigenvalue weighted by Crippen LogP contribution is 2.25. The molecule has 0 bridgehead atoms. The Labute approximate surface area is 156 Å². The SMILES string of the molecule is Cc1cccc(N2CCN(c3ccc(NC(=O)C(C)C)cn3)CC2)c1C. The molecule has 26 heavy (non-hydrogen) atoms. The number of anilines is 3. The van der Waals surface area contributed by atoms with Gasteiger partial charge in [-0.3, -0.25) is 4.79 Å². The zero-order valence-electron chi connectivity index (χ0n) is 16.1. The first kappa shape index (κ1) is 18.2. The molecule has 2 heterocycles. The van der Waals surface area contributed by atoms with Crippen molar-refractivity contribution in [2.24, 2.45) is 5.92 Å². The molecule has 1 fully saturated rings. The Morgan fingerprint density at radius 1 is 1.04 bits per heavy atom. The fourth-order valence-corrected chi connectivity index (χ4v) is 3.19. The topological polar surface area (TPSA) is 48.5 Å². The van der Waals surface area contributed by atoms with Gasteiger partial charge in [-0.1, -0.05) is 26.0 Å². The van der Waals surface area contributed by atoms with E-state index in [1.165, 1.54) is 16.8 Å². The van der Waals surface area contributed by atoms with Crippen molar-refractivity contribution < 1.29 is 4.79 Å². The average molecular weight is 352 g/mol. The van der Waals surface area contributed by atoms with Crippen LogP contribution in [-0.4, -0.2) is 37.1 Å². The fourth-order valence-electron chi connectivity index (χ4n) is 3.19. The molecule has 138 valence electrons. The molecular formula is C21H28N4O. The number of piperazine rings is 1. The summed E-state index contributed by atoms with van der Waals surface area (Å²) in [5.41, 5.74) is 4.79. The number of aryl methyl sites for hydroxylation is 1. The van der Waals surface area contributed by atoms with Crippen LogP contribution < -0.4 is 15.1 Å². The Kier molecular flexibility index (Phi) is 5.45. The molecule has 1 aromatic carbocycles. The Balaban J connectivity index is 1.61. The van der Waals surface area contributed by atoms with Crippen LogP contribution in [0.1, 0.15) is 25.0 Å². The van der Waals surface area contributed by atoms with E-state index in [0.29, 0.717) is 0 Å². The highest BCUT2D eigenvalue weighted by Gasteiger charge is 2.19. The minimum atomic E-state index is -0.0344. The maximum Gasteiger partial charge on any atom is 0.226 e. The second-order valence-electron chi connectivity index (χ2n) is 7.24. The first-order chi connectivity index (χ1) is 12.5. The van der Waals surface area contributed by atoms with Gasteiger partial charge in [0.25, 0.3) is 0 Å². The summed E-state index contributed by atoms with van der Waals surface area (Å²) in [7, 11) is 0. The maximum atomic E-state index is 11.8. The lowest BCUT2D eigenvalue weighted by molar-refractivity contribution is -0.118. The number of hydrogen-bond donors (Lipinski definition) is 1. The van der Waals surface area contributed by atoms with Gasteiger partial charge in [-0.25, -0.2) is 4.98 Å². The van der Waals surface area contributed by atoms with Gasteiger partial charge in [0.15, 0.2) is 0 Å². The zero-order valence-corrected chi connectivity index (χ0v) is 16.1. The lowest BCUT2D eigenvalue weighted by atomic mass is 10.1. The van der Waals surface area contributed by atoms with Crippen molar-refractivity contribution in [2.75, 3.05) is 41.3 Å². The highest BCUT2D eigenvalue weighted by molar-refractivity contribution is 5.91. The van der Waals surface area contributed by atoms with E-state index in [0.717, 1.165) is 37.7 Å². The molecule has 0 spiro atoms. The number of carbonyl (C=O) groups is 1. The molecule has 3 rings (SSSR count). The second-order valence-corrected chi connectivity index (χ2v) is 7.24. The minimum Gasteiger partial charge on any atom is -0.368 e. The summed E-state index contributed by atoms with van der Waals surface area (Å²) in [6, 6.07) is 10.4. The van der Waals surface area contributed by atoms with Crippen molar-refractivity contribution in [3.05, 3.63) is 47.7 Å². The first-order valence-corrected chi connectivity index (χ1v) is 9.28. The van der Waals surface area contributed by atoms with Crippen LogP contribution in [0.15, 0.2) is 36.5 Å². The number of aromatic nitrogens is 1. The van der Waals surface area contributed by atoms with Crippen LogP contribution in [0.5, 0.6) is 0 Å². The summed E-state index contributed by atoms with van der Waals surface area (Å²) < 4.78 is 0. The van der Waals surface area contributed by atoms with E-state index in [-0.39, 0.29) is 11.8 Å². The molecule has 0 saturated carbocycles. The molecule has 0 atom stereocenters. The molecule has 2 aromatic rings. The number of rotatable bonds is 4. The van der Waals surface area contributed by atoms with Crippen molar-refractivity contribution in [2.45, 2.75) is 27.7 Å². The molecule has 1 saturated heterocycles. The lowest BCUT2D eigenvalue weighted by Crippen LogP contribution is -2.47. The van der Waals surface area contributed by atoms with Gasteiger partial charge in [0.2, 0.25) is 5.91 Å². The normalized spacial score (nSPS) is 14.7. The van der Waals surface area contributed by atoms with Crippen LogP contribution in [0.4, 0.5) is 17.2 Å². The Morgan fingerprint density at radius 2 is 1.73 bits per heavy atom. The van der Waals surface area contributed by atoms with Crippen molar-refractivity contribution in [1.29, 1.82) is 0 Å². The Hall–Kier alpha value is -2.56. The number of nitrogens with zero attached hydrogens (tertiary/aromatic N) is 3. The number of nitrogens with one attached hydrogen (secondary N) is 1. The van der Waals surface area contributed by atoms with Crippen LogP contribution >= 0.6 is 0 Å². The van der Waals surface area contributed by atoms with E-state index in [4.69, 9.17) is 0 Å². The quantitative estimate of drug-likeness (QED) is 0.913. The monoisotopic (exact) mass is 352 g/mol. The van der Waals surface area contributed by atoms with Gasteiger partial charge in [0.05, 0.1) is 11.9 Å². The van der Waals surface area contributed by atoms with Gasteiger partial charge in [0, 0.05) is 37.8 Å². The van der Waals surface area contributed by atoms with Crippen LogP contribution in [0, 0.1) is 19.8 Å². The third kappa shape index (κ3) is 3.98. The summed E-state index contributed by atoms with van der Waals surface area (Å²) in [5, 5.41) is 2.88. The van der Waals surface area contributed by atoms with Gasteiger partial charge in [-0.2, -0.15) is 0 Å². The van der Waals surface area contributed by atoms with Gasteiger partial charge in [-0.15, -0.1) is 0 Å². The van der Waals surface area contributed by atoms with Gasteiger partial charge < -0.3 is 15.1 Å². The predicted octanol–water partition coefficient (Wildman–Crippen LogP) is 3.62. The number of hydrogen-bond acceptors (Lipinski definition) is 4. The van der Waals surface area contributed by atoms with Gasteiger partial charge in [0.1, 0.15) is 5.82 Å². The van der Waals surface area contributed by atoms with E-state index in [1.807, 2.05) is 26.0 Å². The van der Waals surface area contributed by atoms with Crippen LogP contribution in [0.3, 0.4) is 0 Å². The van der Waals surface area contributed by atoms with Crippen LogP contribution in [-0.2, 0) is 4.79 Å². The number of pyridine rings is 1. The summed E-state index contributed by atoms with van der Waals surface area (Å²) >= 11 is 0. The predicted molar refractivity (Wildman–Crippen MR) is 108 cm³/mol. The first-order valence-electron chi connectivity index (χ1n) is 9.28. The standard InChI is InChI=1S/C21H28N4O/c1-15(2)21(26)23-18-8-9-20(22-14-18)25-12-10-24(11-13-25)19-7-5-6-16(3)17(19)4/h5-9,14-15H,10-13H2,1-4H3,(H,23,26). The molecular weight excluding hydrogens is 324 g/mol. The number of benzene rings is 1. The van der Waals surface area contributed by atoms with E-state index < -0.39 is 0 Å². The Bertz CT molecular complexity index is 762. The largest absolute Gasteiger partial charge is 0.368 e. The lowest BCUT2D eigenvalue weighted by Gasteiger charge is -2.37. The number of amides is 1. The van der Waals surface area contributed by atoms with Crippen molar-refractivity contribution in [3.8, 4) is 0 Å². The molecule has 1 aromatic heterocycles. The molecule has 0 radical (unpaired) electrons. The summed E-state index contributed by atoms with van der Waals surface area (Å²) in [4.78, 5) is 21.1. The maximum absolute atomic E-state index is 11.8. The van der Waals surface area contributed by atoms with E-state index in [9.17, 15) is 4.79 Å². The molecule has 0 aliphatic carbocycles. The molecule has 5 nitrogen and oxygen atoms in total. The Morgan fingerprint density at radius 3 is 2.35 bits per heavy atom. The van der Waals surface area contributed by atoms with E-state index >= 15 is 0 Å². The van der Waals surface area contributed by atoms with Gasteiger partial charge >= 0.3 is 0 Å². The van der Waals surface area contributed by atoms with Gasteiger partial charge in [-0.05, 0) is 43.2 Å². The summed E-state index contributed by atoms with van der Waals surface area (Å²) in [5.74, 6) is 0.947. The average Bonchev–Trinajstić information content (AvgIpc) is 2.65. The van der Waals surface area contributed by atoms with Crippen LogP contribution in [0.25, 0.3) is 0 Å². The highest BCUT2D eigenvalue weighted by atomic mass is 16.1. The van der Waals surface area contributed by atoms with E-state index in [2.05, 4.69) is 52.1 Å². The number of carbonyl (C=O) groups excluding carboxylic acids is 1. The zero-order chi connectivity index (χ0) is 18.7. The molecule has 1 aliphatic rings. The van der Waals surface area contributed by atoms with E-state index in [1.54, 1.807) is 6.20 Å². The van der Waals surface area contributed by atoms with Crippen LogP contribution in [0.2, 0.25) is 0 Å². The van der Waals surface area contributed by atoms with Crippen molar-refractivity contribution in [1.82, 2.24) is 4.98 Å². The molecule has 1 aliphatic heterocycles. The van der Waals surface area contributed by atoms with Crippen molar-refractivity contribution >= 4 is 23.1 Å². The third-order valence-electron chi connectivity index (χ3n) is 5.06. The minimum absolute atomic E-state index is 0.0155. The summed E-state index contributed by atoms with van der Waals surface area (Å²) in [6.07, 6.45) is 1.74. The fraction of sp³-hybridized carbons (Fsp3) is 0.429.